The van der Waals surface area contributed by atoms with Crippen molar-refractivity contribution >= 4 is 0 Å². The maximum absolute atomic E-state index is 9.63. The molecule has 13 heavy (non-hydrogen) atoms. The number of aliphatic hydroxyl groups excluding tert-OH is 1. The Hall–Kier alpha value is -0.870. The summed E-state index contributed by atoms with van der Waals surface area (Å²) >= 11 is 0. The Morgan fingerprint density at radius 3 is 2.69 bits per heavy atom. The van der Waals surface area contributed by atoms with Crippen LogP contribution in [0, 0.1) is 6.92 Å². The first-order chi connectivity index (χ1) is 5.88. The summed E-state index contributed by atoms with van der Waals surface area (Å²) in [6.45, 7) is 5.49. The van der Waals surface area contributed by atoms with E-state index in [1.54, 1.807) is 13.1 Å². The summed E-state index contributed by atoms with van der Waals surface area (Å²) in [6, 6.07) is 0. The molecule has 0 aliphatic carbocycles. The standard InChI is InChI=1S/C9H16N2O2/c1-6-5-11-8(13-6)7(12)4-9(2,3)10/h5,7,12H,4,10H2,1-3H3. The van der Waals surface area contributed by atoms with Crippen LogP contribution in [0.1, 0.15) is 38.0 Å². The summed E-state index contributed by atoms with van der Waals surface area (Å²) in [5.74, 6) is 1.04. The van der Waals surface area contributed by atoms with Crippen molar-refractivity contribution in [2.45, 2.75) is 38.8 Å². The zero-order valence-electron chi connectivity index (χ0n) is 8.24. The molecule has 0 aliphatic heterocycles. The van der Waals surface area contributed by atoms with E-state index in [9.17, 15) is 5.11 Å². The molecule has 0 aliphatic rings. The zero-order chi connectivity index (χ0) is 10.1. The molecule has 74 valence electrons. The highest BCUT2D eigenvalue weighted by Crippen LogP contribution is 2.21. The molecule has 4 nitrogen and oxygen atoms in total. The molecule has 1 aromatic heterocycles. The molecule has 0 bridgehead atoms. The number of aliphatic hydroxyl groups is 1. The van der Waals surface area contributed by atoms with Crippen molar-refractivity contribution in [1.29, 1.82) is 0 Å². The molecule has 1 atom stereocenters. The van der Waals surface area contributed by atoms with Gasteiger partial charge < -0.3 is 15.3 Å². The van der Waals surface area contributed by atoms with Crippen LogP contribution in [0.25, 0.3) is 0 Å². The predicted octanol–water partition coefficient (Wildman–Crippen LogP) is 1.14. The SMILES string of the molecule is Cc1cnc(C(O)CC(C)(C)N)o1. The molecule has 0 fully saturated rings. The Labute approximate surface area is 77.8 Å². The van der Waals surface area contributed by atoms with Gasteiger partial charge in [-0.15, -0.1) is 0 Å². The molecule has 0 saturated carbocycles. The largest absolute Gasteiger partial charge is 0.443 e. The molecule has 0 aromatic carbocycles. The van der Waals surface area contributed by atoms with Gasteiger partial charge in [0.25, 0.3) is 0 Å². The molecule has 1 aromatic rings. The number of hydrogen-bond acceptors (Lipinski definition) is 4. The number of hydrogen-bond donors (Lipinski definition) is 2. The van der Waals surface area contributed by atoms with Gasteiger partial charge in [0, 0.05) is 5.54 Å². The van der Waals surface area contributed by atoms with E-state index in [1.807, 2.05) is 13.8 Å². The van der Waals surface area contributed by atoms with E-state index in [1.165, 1.54) is 0 Å². The van der Waals surface area contributed by atoms with Crippen molar-refractivity contribution in [3.63, 3.8) is 0 Å². The van der Waals surface area contributed by atoms with Gasteiger partial charge in [-0.3, -0.25) is 0 Å². The third kappa shape index (κ3) is 3.16. The topological polar surface area (TPSA) is 72.3 Å². The quantitative estimate of drug-likeness (QED) is 0.739. The molecular weight excluding hydrogens is 168 g/mol. The van der Waals surface area contributed by atoms with Crippen molar-refractivity contribution in [2.75, 3.05) is 0 Å². The zero-order valence-corrected chi connectivity index (χ0v) is 8.24. The van der Waals surface area contributed by atoms with Crippen LogP contribution in [0.2, 0.25) is 0 Å². The first-order valence-electron chi connectivity index (χ1n) is 4.28. The normalized spacial score (nSPS) is 14.5. The summed E-state index contributed by atoms with van der Waals surface area (Å²) in [5, 5.41) is 9.63. The number of rotatable bonds is 3. The fourth-order valence-electron chi connectivity index (χ4n) is 1.11. The van der Waals surface area contributed by atoms with Crippen molar-refractivity contribution in [3.8, 4) is 0 Å². The molecule has 1 unspecified atom stereocenters. The Bertz CT molecular complexity index is 275. The molecular formula is C9H16N2O2. The van der Waals surface area contributed by atoms with Crippen molar-refractivity contribution in [2.24, 2.45) is 5.73 Å². The van der Waals surface area contributed by atoms with Gasteiger partial charge in [0.05, 0.1) is 6.20 Å². The monoisotopic (exact) mass is 184 g/mol. The third-order valence-corrected chi connectivity index (χ3v) is 1.64. The van der Waals surface area contributed by atoms with E-state index in [-0.39, 0.29) is 0 Å². The summed E-state index contributed by atoms with van der Waals surface area (Å²) < 4.78 is 5.17. The van der Waals surface area contributed by atoms with Gasteiger partial charge in [-0.2, -0.15) is 0 Å². The molecule has 1 rings (SSSR count). The molecule has 0 radical (unpaired) electrons. The van der Waals surface area contributed by atoms with Crippen LogP contribution in [0.5, 0.6) is 0 Å². The van der Waals surface area contributed by atoms with Crippen LogP contribution in [0.15, 0.2) is 10.6 Å². The van der Waals surface area contributed by atoms with Crippen LogP contribution >= 0.6 is 0 Å². The summed E-state index contributed by atoms with van der Waals surface area (Å²) in [4.78, 5) is 3.93. The minimum Gasteiger partial charge on any atom is -0.443 e. The highest BCUT2D eigenvalue weighted by atomic mass is 16.4. The first kappa shape index (κ1) is 10.2. The average molecular weight is 184 g/mol. The minimum atomic E-state index is -0.714. The number of nitrogens with zero attached hydrogens (tertiary/aromatic N) is 1. The molecule has 0 amide bonds. The van der Waals surface area contributed by atoms with Crippen molar-refractivity contribution < 1.29 is 9.52 Å². The Morgan fingerprint density at radius 2 is 2.31 bits per heavy atom. The number of oxazole rings is 1. The van der Waals surface area contributed by atoms with Crippen LogP contribution in [-0.4, -0.2) is 15.6 Å². The average Bonchev–Trinajstić information content (AvgIpc) is 2.31. The van der Waals surface area contributed by atoms with Gasteiger partial charge >= 0.3 is 0 Å². The second-order valence-corrected chi connectivity index (χ2v) is 4.02. The fourth-order valence-corrected chi connectivity index (χ4v) is 1.11. The molecule has 3 N–H and O–H groups in total. The Balaban J connectivity index is 2.64. The maximum atomic E-state index is 9.63. The second-order valence-electron chi connectivity index (χ2n) is 4.02. The lowest BCUT2D eigenvalue weighted by Gasteiger charge is -2.20. The highest BCUT2D eigenvalue weighted by Gasteiger charge is 2.21. The highest BCUT2D eigenvalue weighted by molar-refractivity contribution is 4.95. The van der Waals surface area contributed by atoms with E-state index in [4.69, 9.17) is 10.2 Å². The number of nitrogens with two attached hydrogens (primary N) is 1. The summed E-state index contributed by atoms with van der Waals surface area (Å²) in [5.41, 5.74) is 5.34. The fraction of sp³-hybridized carbons (Fsp3) is 0.667. The van der Waals surface area contributed by atoms with Gasteiger partial charge in [0.1, 0.15) is 11.9 Å². The lowest BCUT2D eigenvalue weighted by atomic mass is 9.98. The maximum Gasteiger partial charge on any atom is 0.223 e. The number of aromatic nitrogens is 1. The van der Waals surface area contributed by atoms with Gasteiger partial charge in [-0.05, 0) is 27.2 Å². The Morgan fingerprint density at radius 1 is 1.69 bits per heavy atom. The predicted molar refractivity (Wildman–Crippen MR) is 49.1 cm³/mol. The van der Waals surface area contributed by atoms with Crippen molar-refractivity contribution in [3.05, 3.63) is 17.8 Å². The van der Waals surface area contributed by atoms with Crippen LogP contribution < -0.4 is 5.73 Å². The van der Waals surface area contributed by atoms with E-state index in [2.05, 4.69) is 4.98 Å². The van der Waals surface area contributed by atoms with Gasteiger partial charge in [0.2, 0.25) is 5.89 Å². The summed E-state index contributed by atoms with van der Waals surface area (Å²) in [6.07, 6.45) is 1.31. The summed E-state index contributed by atoms with van der Waals surface area (Å²) in [7, 11) is 0. The molecule has 1 heterocycles. The van der Waals surface area contributed by atoms with Crippen LogP contribution in [0.3, 0.4) is 0 Å². The van der Waals surface area contributed by atoms with E-state index >= 15 is 0 Å². The van der Waals surface area contributed by atoms with Crippen molar-refractivity contribution in [1.82, 2.24) is 4.98 Å². The Kier molecular flexibility index (Phi) is 2.73. The van der Waals surface area contributed by atoms with Gasteiger partial charge in [-0.1, -0.05) is 0 Å². The second kappa shape index (κ2) is 3.47. The first-order valence-corrected chi connectivity index (χ1v) is 4.28. The third-order valence-electron chi connectivity index (χ3n) is 1.64. The van der Waals surface area contributed by atoms with Gasteiger partial charge in [0.15, 0.2) is 0 Å². The van der Waals surface area contributed by atoms with Crippen LogP contribution in [-0.2, 0) is 0 Å². The van der Waals surface area contributed by atoms with E-state index < -0.39 is 11.6 Å². The van der Waals surface area contributed by atoms with E-state index in [0.717, 1.165) is 0 Å². The van der Waals surface area contributed by atoms with Crippen LogP contribution in [0.4, 0.5) is 0 Å². The van der Waals surface area contributed by atoms with Gasteiger partial charge in [-0.25, -0.2) is 4.98 Å². The lowest BCUT2D eigenvalue weighted by molar-refractivity contribution is 0.111. The van der Waals surface area contributed by atoms with E-state index in [0.29, 0.717) is 18.1 Å². The smallest absolute Gasteiger partial charge is 0.223 e. The number of aryl methyl sites for hydroxylation is 1. The molecule has 0 spiro atoms. The molecule has 0 saturated heterocycles. The lowest BCUT2D eigenvalue weighted by Crippen LogP contribution is -2.33. The minimum absolute atomic E-state index is 0.344. The molecule has 4 heteroatoms.